The molecule has 0 bridgehead atoms. The number of benzene rings is 1. The first-order valence-corrected chi connectivity index (χ1v) is 13.8. The van der Waals surface area contributed by atoms with E-state index in [1.807, 2.05) is 58.9 Å². The molecule has 0 saturated carbocycles. The fourth-order valence-corrected chi connectivity index (χ4v) is 5.02. The standard InChI is InChI=1S/C30H35N9O2/c1-4-6-20-12-14-32-24(17-20)35-30(41)22-10-8-21(9-11-22)27-26-28(31)33-19-34-29(26)39(36-27)23-13-16-38(18-23)25(40)7-5-15-37(2)3/h5,7-12,14,17,19,23H,4,6,13,15-16,18H2,1-3H3,(H2,31,33,34)(H,32,35,41)/b7-5+. The fraction of sp³-hybridized carbons (Fsp3) is 0.333. The number of likely N-dealkylation sites (tertiary alicyclic amines) is 1. The van der Waals surface area contributed by atoms with Crippen LogP contribution in [0.25, 0.3) is 22.3 Å². The van der Waals surface area contributed by atoms with E-state index in [0.29, 0.717) is 53.6 Å². The molecule has 1 aromatic carbocycles. The predicted molar refractivity (Wildman–Crippen MR) is 159 cm³/mol. The number of aromatic nitrogens is 5. The summed E-state index contributed by atoms with van der Waals surface area (Å²) in [5.74, 6) is 0.596. The van der Waals surface area contributed by atoms with Gasteiger partial charge in [0.05, 0.1) is 11.4 Å². The van der Waals surface area contributed by atoms with Gasteiger partial charge in [-0.2, -0.15) is 5.10 Å². The summed E-state index contributed by atoms with van der Waals surface area (Å²) in [6.07, 6.45) is 9.33. The minimum Gasteiger partial charge on any atom is -0.383 e. The Morgan fingerprint density at radius 1 is 1.15 bits per heavy atom. The van der Waals surface area contributed by atoms with Crippen molar-refractivity contribution in [1.29, 1.82) is 0 Å². The van der Waals surface area contributed by atoms with Gasteiger partial charge in [-0.15, -0.1) is 0 Å². The van der Waals surface area contributed by atoms with Gasteiger partial charge in [-0.25, -0.2) is 19.6 Å². The Bertz CT molecular complexity index is 1580. The number of nitrogen functional groups attached to an aromatic ring is 1. The summed E-state index contributed by atoms with van der Waals surface area (Å²) in [6, 6.07) is 11.0. The van der Waals surface area contributed by atoms with E-state index in [4.69, 9.17) is 10.8 Å². The SMILES string of the molecule is CCCc1ccnc(NC(=O)c2ccc(-c3nn(C4CCN(C(=O)/C=C/CN(C)C)C4)c4ncnc(N)c34)cc2)c1. The number of nitrogens with two attached hydrogens (primary N) is 1. The number of nitrogens with zero attached hydrogens (tertiary/aromatic N) is 7. The Labute approximate surface area is 239 Å². The van der Waals surface area contributed by atoms with Gasteiger partial charge in [0.2, 0.25) is 5.91 Å². The molecule has 212 valence electrons. The van der Waals surface area contributed by atoms with Crippen LogP contribution in [0.5, 0.6) is 0 Å². The third-order valence-electron chi connectivity index (χ3n) is 7.10. The number of nitrogens with one attached hydrogen (secondary N) is 1. The van der Waals surface area contributed by atoms with Gasteiger partial charge >= 0.3 is 0 Å². The fourth-order valence-electron chi connectivity index (χ4n) is 5.02. The van der Waals surface area contributed by atoms with E-state index >= 15 is 0 Å². The number of rotatable bonds is 9. The van der Waals surface area contributed by atoms with Gasteiger partial charge in [0.1, 0.15) is 23.7 Å². The van der Waals surface area contributed by atoms with Gasteiger partial charge in [0.25, 0.3) is 5.91 Å². The number of hydrogen-bond acceptors (Lipinski definition) is 8. The summed E-state index contributed by atoms with van der Waals surface area (Å²) in [6.45, 7) is 3.97. The molecule has 0 spiro atoms. The summed E-state index contributed by atoms with van der Waals surface area (Å²) >= 11 is 0. The molecular weight excluding hydrogens is 518 g/mol. The molecule has 1 saturated heterocycles. The molecule has 5 rings (SSSR count). The molecule has 1 fully saturated rings. The second-order valence-electron chi connectivity index (χ2n) is 10.5. The van der Waals surface area contributed by atoms with Crippen molar-refractivity contribution in [3.63, 3.8) is 0 Å². The zero-order valence-corrected chi connectivity index (χ0v) is 23.6. The molecule has 11 heteroatoms. The summed E-state index contributed by atoms with van der Waals surface area (Å²) < 4.78 is 1.86. The summed E-state index contributed by atoms with van der Waals surface area (Å²) in [5.41, 5.74) is 9.97. The number of amides is 2. The molecule has 0 radical (unpaired) electrons. The highest BCUT2D eigenvalue weighted by atomic mass is 16.2. The molecule has 1 aliphatic heterocycles. The zero-order valence-electron chi connectivity index (χ0n) is 23.6. The third-order valence-corrected chi connectivity index (χ3v) is 7.10. The quantitative estimate of drug-likeness (QED) is 0.300. The van der Waals surface area contributed by atoms with E-state index in [9.17, 15) is 9.59 Å². The minimum atomic E-state index is -0.244. The van der Waals surface area contributed by atoms with Crippen LogP contribution in [-0.2, 0) is 11.2 Å². The maximum Gasteiger partial charge on any atom is 0.256 e. The van der Waals surface area contributed by atoms with Gasteiger partial charge < -0.3 is 20.9 Å². The maximum atomic E-state index is 12.9. The van der Waals surface area contributed by atoms with E-state index in [2.05, 4.69) is 27.2 Å². The zero-order chi connectivity index (χ0) is 28.9. The third kappa shape index (κ3) is 6.25. The molecule has 4 heterocycles. The van der Waals surface area contributed by atoms with Crippen molar-refractivity contribution in [3.8, 4) is 11.3 Å². The van der Waals surface area contributed by atoms with Crippen molar-refractivity contribution in [2.45, 2.75) is 32.2 Å². The Hall–Kier alpha value is -4.64. The van der Waals surface area contributed by atoms with Gasteiger partial charge in [0, 0.05) is 43.0 Å². The highest BCUT2D eigenvalue weighted by Gasteiger charge is 2.30. The molecule has 3 aromatic heterocycles. The van der Waals surface area contributed by atoms with Crippen LogP contribution in [-0.4, -0.2) is 80.1 Å². The molecule has 3 N–H and O–H groups in total. The van der Waals surface area contributed by atoms with Crippen molar-refractivity contribution in [2.24, 2.45) is 0 Å². The number of aryl methyl sites for hydroxylation is 1. The molecule has 41 heavy (non-hydrogen) atoms. The van der Waals surface area contributed by atoms with Crippen LogP contribution in [0.4, 0.5) is 11.6 Å². The lowest BCUT2D eigenvalue weighted by atomic mass is 10.1. The van der Waals surface area contributed by atoms with Gasteiger partial charge in [-0.05, 0) is 56.8 Å². The number of anilines is 2. The topological polar surface area (TPSA) is 135 Å². The smallest absolute Gasteiger partial charge is 0.256 e. The summed E-state index contributed by atoms with van der Waals surface area (Å²) in [4.78, 5) is 42.4. The lowest BCUT2D eigenvalue weighted by Gasteiger charge is -2.15. The summed E-state index contributed by atoms with van der Waals surface area (Å²) in [7, 11) is 3.92. The van der Waals surface area contributed by atoms with Crippen LogP contribution in [0.3, 0.4) is 0 Å². The van der Waals surface area contributed by atoms with E-state index in [-0.39, 0.29) is 17.9 Å². The second kappa shape index (κ2) is 12.3. The molecule has 1 unspecified atom stereocenters. The molecule has 0 aliphatic carbocycles. The van der Waals surface area contributed by atoms with Crippen molar-refractivity contribution >= 4 is 34.5 Å². The first kappa shape index (κ1) is 27.9. The van der Waals surface area contributed by atoms with E-state index in [0.717, 1.165) is 30.4 Å². The van der Waals surface area contributed by atoms with E-state index < -0.39 is 0 Å². The number of carbonyl (C=O) groups excluding carboxylic acids is 2. The van der Waals surface area contributed by atoms with Crippen molar-refractivity contribution in [3.05, 3.63) is 72.2 Å². The molecule has 1 aliphatic rings. The maximum absolute atomic E-state index is 12.9. The normalized spacial score (nSPS) is 15.3. The lowest BCUT2D eigenvalue weighted by molar-refractivity contribution is -0.125. The average molecular weight is 554 g/mol. The molecule has 2 amide bonds. The van der Waals surface area contributed by atoms with Crippen molar-refractivity contribution in [1.82, 2.24) is 34.5 Å². The lowest BCUT2D eigenvalue weighted by Crippen LogP contribution is -2.28. The van der Waals surface area contributed by atoms with Gasteiger partial charge in [0.15, 0.2) is 5.65 Å². The number of pyridine rings is 1. The average Bonchev–Trinajstić information content (AvgIpc) is 3.60. The Morgan fingerprint density at radius 2 is 1.95 bits per heavy atom. The van der Waals surface area contributed by atoms with E-state index in [1.165, 1.54) is 6.33 Å². The van der Waals surface area contributed by atoms with Crippen molar-refractivity contribution in [2.75, 3.05) is 44.8 Å². The van der Waals surface area contributed by atoms with Crippen LogP contribution in [0.1, 0.15) is 41.7 Å². The highest BCUT2D eigenvalue weighted by Crippen LogP contribution is 2.34. The molecule has 11 nitrogen and oxygen atoms in total. The van der Waals surface area contributed by atoms with Crippen LogP contribution in [0, 0.1) is 0 Å². The monoisotopic (exact) mass is 553 g/mol. The largest absolute Gasteiger partial charge is 0.383 e. The number of carbonyl (C=O) groups is 2. The molecule has 1 atom stereocenters. The second-order valence-corrected chi connectivity index (χ2v) is 10.5. The molecular formula is C30H35N9O2. The van der Waals surface area contributed by atoms with Crippen LogP contribution >= 0.6 is 0 Å². The Morgan fingerprint density at radius 3 is 2.71 bits per heavy atom. The predicted octanol–water partition coefficient (Wildman–Crippen LogP) is 3.57. The highest BCUT2D eigenvalue weighted by molar-refractivity contribution is 6.04. The number of hydrogen-bond donors (Lipinski definition) is 2. The Kier molecular flexibility index (Phi) is 8.34. The van der Waals surface area contributed by atoms with E-state index in [1.54, 1.807) is 24.4 Å². The number of likely N-dealkylation sites (N-methyl/N-ethyl adjacent to an activating group) is 1. The van der Waals surface area contributed by atoms with Crippen LogP contribution in [0.2, 0.25) is 0 Å². The van der Waals surface area contributed by atoms with Gasteiger partial charge in [-0.3, -0.25) is 9.59 Å². The van der Waals surface area contributed by atoms with Gasteiger partial charge in [-0.1, -0.05) is 31.6 Å². The first-order valence-electron chi connectivity index (χ1n) is 13.8. The Balaban J connectivity index is 1.36. The van der Waals surface area contributed by atoms with Crippen LogP contribution < -0.4 is 11.1 Å². The molecule has 4 aromatic rings. The summed E-state index contributed by atoms with van der Waals surface area (Å²) in [5, 5.41) is 8.44. The first-order chi connectivity index (χ1) is 19.8. The van der Waals surface area contributed by atoms with Crippen molar-refractivity contribution < 1.29 is 9.59 Å². The number of fused-ring (bicyclic) bond motifs is 1. The minimum absolute atomic E-state index is 0.0127. The van der Waals surface area contributed by atoms with Crippen LogP contribution in [0.15, 0.2) is 61.1 Å².